The summed E-state index contributed by atoms with van der Waals surface area (Å²) in [6, 6.07) is 4.76. The average Bonchev–Trinajstić information content (AvgIpc) is 2.76. The van der Waals surface area contributed by atoms with Crippen LogP contribution in [0, 0.1) is 5.82 Å². The first-order chi connectivity index (χ1) is 12.0. The van der Waals surface area contributed by atoms with Gasteiger partial charge in [-0.2, -0.15) is 5.10 Å². The van der Waals surface area contributed by atoms with E-state index in [9.17, 15) is 14.0 Å². The second-order valence-corrected chi connectivity index (χ2v) is 7.02. The first-order valence-corrected chi connectivity index (χ1v) is 9.21. The van der Waals surface area contributed by atoms with Gasteiger partial charge in [-0.05, 0) is 52.9 Å². The fourth-order valence-corrected chi connectivity index (χ4v) is 3.39. The largest absolute Gasteiger partial charge is 0.354 e. The zero-order valence-electron chi connectivity index (χ0n) is 13.8. The molecule has 0 aliphatic carbocycles. The van der Waals surface area contributed by atoms with Crippen molar-refractivity contribution in [2.24, 2.45) is 0 Å². The summed E-state index contributed by atoms with van der Waals surface area (Å²) in [6.07, 6.45) is 4.46. The number of rotatable bonds is 5. The minimum Gasteiger partial charge on any atom is -0.354 e. The first kappa shape index (κ1) is 17.8. The van der Waals surface area contributed by atoms with E-state index in [4.69, 9.17) is 0 Å². The molecule has 1 amide bonds. The highest BCUT2D eigenvalue weighted by Gasteiger charge is 2.17. The predicted molar refractivity (Wildman–Crippen MR) is 94.9 cm³/mol. The summed E-state index contributed by atoms with van der Waals surface area (Å²) in [5.74, 6) is 0.203. The van der Waals surface area contributed by atoms with Crippen LogP contribution in [0.25, 0.3) is 0 Å². The number of aryl methyl sites for hydroxylation is 1. The molecule has 2 aromatic rings. The van der Waals surface area contributed by atoms with E-state index < -0.39 is 0 Å². The molecule has 8 heteroatoms. The highest BCUT2D eigenvalue weighted by atomic mass is 79.9. The van der Waals surface area contributed by atoms with Crippen molar-refractivity contribution >= 4 is 21.8 Å². The lowest BCUT2D eigenvalue weighted by atomic mass is 10.1. The molecule has 3 rings (SSSR count). The van der Waals surface area contributed by atoms with Gasteiger partial charge in [-0.25, -0.2) is 13.9 Å². The van der Waals surface area contributed by atoms with Gasteiger partial charge in [0, 0.05) is 19.5 Å². The minimum absolute atomic E-state index is 0.0774. The monoisotopic (exact) mass is 410 g/mol. The predicted octanol–water partition coefficient (Wildman–Crippen LogP) is 2.03. The van der Waals surface area contributed by atoms with Crippen molar-refractivity contribution in [2.45, 2.75) is 45.2 Å². The molecular weight excluding hydrogens is 391 g/mol. The molecule has 1 aliphatic rings. The Labute approximate surface area is 153 Å². The molecule has 25 heavy (non-hydrogen) atoms. The molecule has 0 fully saturated rings. The molecule has 0 saturated carbocycles. The van der Waals surface area contributed by atoms with Crippen LogP contribution in [0.5, 0.6) is 0 Å². The third-order valence-electron chi connectivity index (χ3n) is 4.29. The summed E-state index contributed by atoms with van der Waals surface area (Å²) in [6.45, 7) is 1.01. The van der Waals surface area contributed by atoms with Crippen molar-refractivity contribution in [3.05, 3.63) is 50.4 Å². The molecule has 1 aromatic carbocycles. The molecule has 0 unspecified atom stereocenters. The van der Waals surface area contributed by atoms with Crippen molar-refractivity contribution in [1.29, 1.82) is 0 Å². The summed E-state index contributed by atoms with van der Waals surface area (Å²) in [4.78, 5) is 24.4. The van der Waals surface area contributed by atoms with Gasteiger partial charge in [-0.15, -0.1) is 0 Å². The van der Waals surface area contributed by atoms with E-state index in [1.165, 1.54) is 10.7 Å². The van der Waals surface area contributed by atoms with Crippen LogP contribution in [0.2, 0.25) is 0 Å². The van der Waals surface area contributed by atoms with E-state index >= 15 is 0 Å². The smallest absolute Gasteiger partial charge is 0.346 e. The summed E-state index contributed by atoms with van der Waals surface area (Å²) in [5, 5.41) is 7.07. The molecule has 1 aliphatic heterocycles. The average molecular weight is 411 g/mol. The lowest BCUT2D eigenvalue weighted by molar-refractivity contribution is -0.121. The Balaban J connectivity index is 1.54. The first-order valence-electron chi connectivity index (χ1n) is 8.42. The van der Waals surface area contributed by atoms with Gasteiger partial charge in [-0.1, -0.05) is 12.5 Å². The molecule has 1 N–H and O–H groups in total. The number of carbonyl (C=O) groups is 1. The highest BCUT2D eigenvalue weighted by molar-refractivity contribution is 9.10. The van der Waals surface area contributed by atoms with Gasteiger partial charge in [0.25, 0.3) is 0 Å². The van der Waals surface area contributed by atoms with Gasteiger partial charge >= 0.3 is 5.69 Å². The van der Waals surface area contributed by atoms with Gasteiger partial charge in [0.1, 0.15) is 18.2 Å². The standard InChI is InChI=1S/C17H20BrFN4O2/c18-13-10-12(5-6-14(13)19)7-8-20-16(24)11-23-17(25)22-9-3-1-2-4-15(22)21-23/h5-6,10H,1-4,7-9,11H2,(H,20,24). The number of carbonyl (C=O) groups excluding carboxylic acids is 1. The Bertz CT molecular complexity index is 831. The maximum absolute atomic E-state index is 13.2. The SMILES string of the molecule is O=C(Cn1nc2n(c1=O)CCCCC2)NCCc1ccc(F)c(Br)c1. The van der Waals surface area contributed by atoms with Crippen molar-refractivity contribution in [1.82, 2.24) is 19.7 Å². The van der Waals surface area contributed by atoms with Gasteiger partial charge < -0.3 is 5.32 Å². The molecular formula is C17H20BrFN4O2. The van der Waals surface area contributed by atoms with Crippen molar-refractivity contribution in [2.75, 3.05) is 6.54 Å². The molecule has 0 saturated heterocycles. The maximum atomic E-state index is 13.2. The van der Waals surface area contributed by atoms with E-state index in [2.05, 4.69) is 26.3 Å². The van der Waals surface area contributed by atoms with Crippen LogP contribution in [0.15, 0.2) is 27.5 Å². The summed E-state index contributed by atoms with van der Waals surface area (Å²) in [7, 11) is 0. The van der Waals surface area contributed by atoms with Crippen LogP contribution in [0.3, 0.4) is 0 Å². The summed E-state index contributed by atoms with van der Waals surface area (Å²) < 4.78 is 16.5. The Hall–Kier alpha value is -1.96. The fourth-order valence-electron chi connectivity index (χ4n) is 2.96. The van der Waals surface area contributed by atoms with Crippen LogP contribution in [-0.4, -0.2) is 26.8 Å². The Morgan fingerprint density at radius 3 is 2.96 bits per heavy atom. The fraction of sp³-hybridized carbons (Fsp3) is 0.471. The molecule has 0 atom stereocenters. The Kier molecular flexibility index (Phi) is 5.67. The van der Waals surface area contributed by atoms with Crippen LogP contribution >= 0.6 is 15.9 Å². The molecule has 2 heterocycles. The second kappa shape index (κ2) is 7.95. The van der Waals surface area contributed by atoms with Crippen LogP contribution < -0.4 is 11.0 Å². The van der Waals surface area contributed by atoms with Crippen molar-refractivity contribution in [3.8, 4) is 0 Å². The molecule has 0 bridgehead atoms. The van der Waals surface area contributed by atoms with Crippen LogP contribution in [0.1, 0.15) is 30.7 Å². The zero-order valence-corrected chi connectivity index (χ0v) is 15.4. The van der Waals surface area contributed by atoms with E-state index in [0.29, 0.717) is 24.0 Å². The third-order valence-corrected chi connectivity index (χ3v) is 4.90. The van der Waals surface area contributed by atoms with Gasteiger partial charge in [0.15, 0.2) is 0 Å². The number of halogens is 2. The summed E-state index contributed by atoms with van der Waals surface area (Å²) >= 11 is 3.14. The van der Waals surface area contributed by atoms with Gasteiger partial charge in [-0.3, -0.25) is 9.36 Å². The zero-order chi connectivity index (χ0) is 17.8. The molecule has 0 radical (unpaired) electrons. The van der Waals surface area contributed by atoms with Crippen molar-refractivity contribution < 1.29 is 9.18 Å². The number of hydrogen-bond donors (Lipinski definition) is 1. The van der Waals surface area contributed by atoms with Gasteiger partial charge in [0.05, 0.1) is 4.47 Å². The lowest BCUT2D eigenvalue weighted by Gasteiger charge is -2.06. The summed E-state index contributed by atoms with van der Waals surface area (Å²) in [5.41, 5.74) is 0.703. The molecule has 0 spiro atoms. The topological polar surface area (TPSA) is 68.9 Å². The Morgan fingerprint density at radius 2 is 2.16 bits per heavy atom. The molecule has 1 aromatic heterocycles. The van der Waals surface area contributed by atoms with E-state index in [1.54, 1.807) is 16.7 Å². The number of fused-ring (bicyclic) bond motifs is 1. The van der Waals surface area contributed by atoms with Crippen LogP contribution in [-0.2, 0) is 30.7 Å². The highest BCUT2D eigenvalue weighted by Crippen LogP contribution is 2.16. The number of benzene rings is 1. The number of hydrogen-bond acceptors (Lipinski definition) is 3. The maximum Gasteiger partial charge on any atom is 0.346 e. The normalized spacial score (nSPS) is 14.0. The Morgan fingerprint density at radius 1 is 1.32 bits per heavy atom. The van der Waals surface area contributed by atoms with Crippen molar-refractivity contribution in [3.63, 3.8) is 0 Å². The molecule has 6 nitrogen and oxygen atoms in total. The number of aromatic nitrogens is 3. The quantitative estimate of drug-likeness (QED) is 0.819. The van der Waals surface area contributed by atoms with E-state index in [-0.39, 0.29) is 24.0 Å². The second-order valence-electron chi connectivity index (χ2n) is 6.17. The minimum atomic E-state index is -0.313. The van der Waals surface area contributed by atoms with Crippen LogP contribution in [0.4, 0.5) is 4.39 Å². The van der Waals surface area contributed by atoms with E-state index in [1.807, 2.05) is 0 Å². The third kappa shape index (κ3) is 4.36. The van der Waals surface area contributed by atoms with E-state index in [0.717, 1.165) is 37.1 Å². The molecule has 134 valence electrons. The number of nitrogens with zero attached hydrogens (tertiary/aromatic N) is 3. The number of amides is 1. The van der Waals surface area contributed by atoms with Gasteiger partial charge in [0.2, 0.25) is 5.91 Å². The number of nitrogens with one attached hydrogen (secondary N) is 1. The lowest BCUT2D eigenvalue weighted by Crippen LogP contribution is -2.34.